The van der Waals surface area contributed by atoms with Crippen LogP contribution in [-0.2, 0) is 20.7 Å². The van der Waals surface area contributed by atoms with Gasteiger partial charge in [-0.1, -0.05) is 19.1 Å². The normalized spacial score (nSPS) is 26.6. The van der Waals surface area contributed by atoms with Gasteiger partial charge in [0.15, 0.2) is 0 Å². The van der Waals surface area contributed by atoms with Gasteiger partial charge in [0.25, 0.3) is 0 Å². The van der Waals surface area contributed by atoms with E-state index in [-0.39, 0.29) is 24.3 Å². The molecule has 1 heterocycles. The lowest BCUT2D eigenvalue weighted by Gasteiger charge is -2.23. The Morgan fingerprint density at radius 2 is 1.92 bits per heavy atom. The van der Waals surface area contributed by atoms with E-state index in [0.29, 0.717) is 17.0 Å². The van der Waals surface area contributed by atoms with Crippen LogP contribution < -0.4 is 5.32 Å². The van der Waals surface area contributed by atoms with Gasteiger partial charge < -0.3 is 15.2 Å². The van der Waals surface area contributed by atoms with E-state index in [0.717, 1.165) is 11.3 Å². The van der Waals surface area contributed by atoms with Crippen LogP contribution in [0.25, 0.3) is 0 Å². The van der Waals surface area contributed by atoms with Gasteiger partial charge in [0, 0.05) is 4.88 Å². The lowest BCUT2D eigenvalue weighted by Crippen LogP contribution is -2.36. The second-order valence-corrected chi connectivity index (χ2v) is 7.49. The van der Waals surface area contributed by atoms with Crippen molar-refractivity contribution < 1.29 is 24.2 Å². The molecule has 1 aromatic rings. The third-order valence-corrected chi connectivity index (χ3v) is 6.11. The van der Waals surface area contributed by atoms with Crippen LogP contribution in [0.15, 0.2) is 18.2 Å². The third-order valence-electron chi connectivity index (χ3n) is 4.91. The monoisotopic (exact) mass is 363 g/mol. The quantitative estimate of drug-likeness (QED) is 0.599. The molecule has 2 N–H and O–H groups in total. The highest BCUT2D eigenvalue weighted by Gasteiger charge is 2.51. The standard InChI is InChI=1S/C18H21NO5S/c1-3-11-8-12(18(23)24-4-2)16(25-11)19-15(20)13-9-5-6-10(7-9)14(13)17(21)22/h5-6,8-10,13-14H,3-4,7H2,1-2H3,(H,19,20)(H,21,22)/t9-,10-,13+,14+/m0/s1. The molecule has 6 nitrogen and oxygen atoms in total. The van der Waals surface area contributed by atoms with E-state index in [4.69, 9.17) is 4.74 Å². The first-order valence-electron chi connectivity index (χ1n) is 8.48. The molecule has 0 aliphatic heterocycles. The first-order valence-corrected chi connectivity index (χ1v) is 9.29. The SMILES string of the molecule is CCOC(=O)c1cc(CC)sc1NC(=O)[C@H]1[C@H](C(=O)O)[C@H]2C=C[C@H]1C2. The number of aryl methyl sites for hydroxylation is 1. The van der Waals surface area contributed by atoms with Crippen LogP contribution in [0.4, 0.5) is 5.00 Å². The number of thiophene rings is 1. The summed E-state index contributed by atoms with van der Waals surface area (Å²) < 4.78 is 5.05. The Kier molecular flexibility index (Phi) is 4.94. The molecule has 25 heavy (non-hydrogen) atoms. The minimum absolute atomic E-state index is 0.0530. The lowest BCUT2D eigenvalue weighted by atomic mass is 9.82. The lowest BCUT2D eigenvalue weighted by molar-refractivity contribution is -0.146. The Labute approximate surface area is 149 Å². The smallest absolute Gasteiger partial charge is 0.341 e. The van der Waals surface area contributed by atoms with Gasteiger partial charge in [-0.25, -0.2) is 4.79 Å². The van der Waals surface area contributed by atoms with Gasteiger partial charge in [-0.3, -0.25) is 9.59 Å². The number of carboxylic acid groups (broad SMARTS) is 1. The number of fused-ring (bicyclic) bond motifs is 2. The van der Waals surface area contributed by atoms with E-state index in [9.17, 15) is 19.5 Å². The maximum absolute atomic E-state index is 12.8. The number of aliphatic carboxylic acids is 1. The first-order chi connectivity index (χ1) is 12.0. The molecule has 134 valence electrons. The maximum Gasteiger partial charge on any atom is 0.341 e. The average Bonchev–Trinajstić information content (AvgIpc) is 3.28. The zero-order valence-electron chi connectivity index (χ0n) is 14.2. The summed E-state index contributed by atoms with van der Waals surface area (Å²) in [6.45, 7) is 3.94. The molecule has 4 atom stereocenters. The molecule has 0 radical (unpaired) electrons. The molecule has 1 amide bonds. The number of hydrogen-bond acceptors (Lipinski definition) is 5. The predicted molar refractivity (Wildman–Crippen MR) is 93.6 cm³/mol. The predicted octanol–water partition coefficient (Wildman–Crippen LogP) is 2.95. The second kappa shape index (κ2) is 7.00. The molecule has 1 aromatic heterocycles. The Morgan fingerprint density at radius 1 is 1.24 bits per heavy atom. The number of carboxylic acids is 1. The molecule has 2 bridgehead atoms. The van der Waals surface area contributed by atoms with E-state index in [1.165, 1.54) is 11.3 Å². The zero-order valence-corrected chi connectivity index (χ0v) is 15.0. The van der Waals surface area contributed by atoms with Crippen LogP contribution >= 0.6 is 11.3 Å². The van der Waals surface area contributed by atoms with Gasteiger partial charge in [-0.05, 0) is 37.7 Å². The number of anilines is 1. The van der Waals surface area contributed by atoms with Crippen molar-refractivity contribution in [2.45, 2.75) is 26.7 Å². The van der Waals surface area contributed by atoms with Gasteiger partial charge in [0.05, 0.1) is 24.0 Å². The van der Waals surface area contributed by atoms with Crippen molar-refractivity contribution in [3.05, 3.63) is 28.7 Å². The van der Waals surface area contributed by atoms with Crippen LogP contribution in [-0.4, -0.2) is 29.6 Å². The summed E-state index contributed by atoms with van der Waals surface area (Å²) in [6, 6.07) is 1.73. The highest BCUT2D eigenvalue weighted by Crippen LogP contribution is 2.48. The fraction of sp³-hybridized carbons (Fsp3) is 0.500. The molecule has 1 fully saturated rings. The van der Waals surface area contributed by atoms with E-state index in [1.807, 2.05) is 19.1 Å². The van der Waals surface area contributed by atoms with Crippen molar-refractivity contribution in [1.29, 1.82) is 0 Å². The Bertz CT molecular complexity index is 738. The first kappa shape index (κ1) is 17.7. The molecule has 0 aromatic carbocycles. The van der Waals surface area contributed by atoms with E-state index >= 15 is 0 Å². The summed E-state index contributed by atoms with van der Waals surface area (Å²) in [6.07, 6.45) is 5.27. The van der Waals surface area contributed by atoms with Crippen molar-refractivity contribution in [2.24, 2.45) is 23.7 Å². The van der Waals surface area contributed by atoms with Gasteiger partial charge in [-0.2, -0.15) is 0 Å². The molecule has 3 rings (SSSR count). The van der Waals surface area contributed by atoms with Crippen molar-refractivity contribution in [3.8, 4) is 0 Å². The number of carbonyl (C=O) groups excluding carboxylic acids is 2. The van der Waals surface area contributed by atoms with Crippen molar-refractivity contribution in [2.75, 3.05) is 11.9 Å². The average molecular weight is 363 g/mol. The minimum Gasteiger partial charge on any atom is -0.481 e. The van der Waals surface area contributed by atoms with Gasteiger partial charge in [0.1, 0.15) is 5.00 Å². The van der Waals surface area contributed by atoms with Crippen LogP contribution in [0.3, 0.4) is 0 Å². The van der Waals surface area contributed by atoms with E-state index in [2.05, 4.69) is 5.32 Å². The number of hydrogen-bond donors (Lipinski definition) is 2. The number of allylic oxidation sites excluding steroid dienone is 2. The molecular weight excluding hydrogens is 342 g/mol. The van der Waals surface area contributed by atoms with Crippen LogP contribution in [0.1, 0.15) is 35.5 Å². The highest BCUT2D eigenvalue weighted by atomic mass is 32.1. The molecule has 2 aliphatic rings. The van der Waals surface area contributed by atoms with Gasteiger partial charge >= 0.3 is 11.9 Å². The second-order valence-electron chi connectivity index (χ2n) is 6.36. The maximum atomic E-state index is 12.8. The van der Waals surface area contributed by atoms with Gasteiger partial charge in [0.2, 0.25) is 5.91 Å². The summed E-state index contributed by atoms with van der Waals surface area (Å²) in [5.74, 6) is -3.19. The molecule has 1 saturated carbocycles. The summed E-state index contributed by atoms with van der Waals surface area (Å²) >= 11 is 1.33. The highest BCUT2D eigenvalue weighted by molar-refractivity contribution is 7.16. The number of amides is 1. The van der Waals surface area contributed by atoms with Crippen LogP contribution in [0.2, 0.25) is 0 Å². The zero-order chi connectivity index (χ0) is 18.1. The summed E-state index contributed by atoms with van der Waals surface area (Å²) in [4.78, 5) is 37.5. The third kappa shape index (κ3) is 3.20. The molecule has 0 spiro atoms. The van der Waals surface area contributed by atoms with Crippen molar-refractivity contribution in [3.63, 3.8) is 0 Å². The van der Waals surface area contributed by atoms with Crippen molar-refractivity contribution >= 4 is 34.2 Å². The van der Waals surface area contributed by atoms with Crippen molar-refractivity contribution in [1.82, 2.24) is 0 Å². The summed E-state index contributed by atoms with van der Waals surface area (Å²) in [5, 5.41) is 12.7. The Hall–Kier alpha value is -2.15. The molecule has 2 aliphatic carbocycles. The fourth-order valence-electron chi connectivity index (χ4n) is 3.78. The summed E-state index contributed by atoms with van der Waals surface area (Å²) in [7, 11) is 0. The summed E-state index contributed by atoms with van der Waals surface area (Å²) in [5.41, 5.74) is 0.336. The Morgan fingerprint density at radius 3 is 2.52 bits per heavy atom. The molecule has 0 unspecified atom stereocenters. The molecule has 7 heteroatoms. The number of carbonyl (C=O) groups is 3. The topological polar surface area (TPSA) is 92.7 Å². The molecular formula is C18H21NO5S. The number of esters is 1. The largest absolute Gasteiger partial charge is 0.481 e. The number of nitrogens with one attached hydrogen (secondary N) is 1. The van der Waals surface area contributed by atoms with Gasteiger partial charge in [-0.15, -0.1) is 11.3 Å². The van der Waals surface area contributed by atoms with E-state index < -0.39 is 23.8 Å². The molecule has 0 saturated heterocycles. The Balaban J connectivity index is 1.83. The number of ether oxygens (including phenoxy) is 1. The number of rotatable bonds is 6. The van der Waals surface area contributed by atoms with E-state index in [1.54, 1.807) is 13.0 Å². The van der Waals surface area contributed by atoms with Crippen LogP contribution in [0.5, 0.6) is 0 Å². The fourth-order valence-corrected chi connectivity index (χ4v) is 4.77. The van der Waals surface area contributed by atoms with Crippen LogP contribution in [0, 0.1) is 23.7 Å². The minimum atomic E-state index is -0.942.